The summed E-state index contributed by atoms with van der Waals surface area (Å²) in [5.41, 5.74) is 2.45. The second-order valence-corrected chi connectivity index (χ2v) is 8.41. The maximum atomic E-state index is 13.4. The van der Waals surface area contributed by atoms with Crippen molar-refractivity contribution in [3.05, 3.63) is 134 Å². The van der Waals surface area contributed by atoms with Gasteiger partial charge in [-0.2, -0.15) is 9.78 Å². The number of aromatic nitrogens is 2. The van der Waals surface area contributed by atoms with E-state index >= 15 is 0 Å². The van der Waals surface area contributed by atoms with Crippen LogP contribution >= 0.6 is 0 Å². The molecule has 1 aromatic heterocycles. The summed E-state index contributed by atoms with van der Waals surface area (Å²) in [6, 6.07) is 26.5. The molecule has 0 aliphatic carbocycles. The molecule has 0 atom stereocenters. The van der Waals surface area contributed by atoms with Gasteiger partial charge in [-0.05, 0) is 43.3 Å². The lowest BCUT2D eigenvalue weighted by molar-refractivity contribution is -0.384. The van der Waals surface area contributed by atoms with Gasteiger partial charge in [-0.3, -0.25) is 14.9 Å². The molecule has 0 aliphatic rings. The predicted molar refractivity (Wildman–Crippen MR) is 144 cm³/mol. The molecular weight excluding hydrogens is 484 g/mol. The maximum absolute atomic E-state index is 13.4. The number of fused-ring (bicyclic) bond motifs is 1. The first-order chi connectivity index (χ1) is 18.4. The van der Waals surface area contributed by atoms with E-state index in [0.717, 1.165) is 5.56 Å². The van der Waals surface area contributed by atoms with E-state index in [2.05, 4.69) is 5.10 Å². The van der Waals surface area contributed by atoms with Crippen LogP contribution in [-0.4, -0.2) is 26.8 Å². The van der Waals surface area contributed by atoms with E-state index in [9.17, 15) is 19.7 Å². The Balaban J connectivity index is 1.52. The largest absolute Gasteiger partial charge is 0.422 e. The van der Waals surface area contributed by atoms with Crippen molar-refractivity contribution in [3.63, 3.8) is 0 Å². The standard InChI is InChI=1S/C29H20N4O5/c1-19-10-12-20(13-11-19)27-31-25-8-4-3-7-24(25)28(34)32(27)30-18-22-6-2-5-9-26(22)38-29(35)21-14-16-23(17-15-21)33(36)37/h2-18H,1H3. The van der Waals surface area contributed by atoms with Gasteiger partial charge >= 0.3 is 5.97 Å². The fourth-order valence-electron chi connectivity index (χ4n) is 3.80. The Labute approximate surface area is 216 Å². The zero-order valence-corrected chi connectivity index (χ0v) is 20.1. The van der Waals surface area contributed by atoms with Crippen molar-refractivity contribution in [1.29, 1.82) is 0 Å². The summed E-state index contributed by atoms with van der Waals surface area (Å²) in [5, 5.41) is 15.7. The first-order valence-electron chi connectivity index (χ1n) is 11.6. The van der Waals surface area contributed by atoms with Crippen LogP contribution in [0.3, 0.4) is 0 Å². The van der Waals surface area contributed by atoms with Crippen molar-refractivity contribution in [1.82, 2.24) is 9.66 Å². The monoisotopic (exact) mass is 504 g/mol. The van der Waals surface area contributed by atoms with Crippen LogP contribution in [0.1, 0.15) is 21.5 Å². The van der Waals surface area contributed by atoms with Crippen LogP contribution in [0.5, 0.6) is 5.75 Å². The van der Waals surface area contributed by atoms with Gasteiger partial charge in [0.05, 0.1) is 27.6 Å². The van der Waals surface area contributed by atoms with Gasteiger partial charge in [0.25, 0.3) is 11.2 Å². The fourth-order valence-corrected chi connectivity index (χ4v) is 3.80. The van der Waals surface area contributed by atoms with E-state index in [1.807, 2.05) is 37.3 Å². The lowest BCUT2D eigenvalue weighted by Crippen LogP contribution is -2.20. The minimum absolute atomic E-state index is 0.132. The third-order valence-corrected chi connectivity index (χ3v) is 5.81. The predicted octanol–water partition coefficient (Wildman–Crippen LogP) is 5.38. The van der Waals surface area contributed by atoms with Gasteiger partial charge in [-0.25, -0.2) is 9.78 Å². The highest BCUT2D eigenvalue weighted by molar-refractivity contribution is 5.93. The second kappa shape index (κ2) is 10.3. The summed E-state index contributed by atoms with van der Waals surface area (Å²) >= 11 is 0. The summed E-state index contributed by atoms with van der Waals surface area (Å²) in [6.45, 7) is 1.97. The molecule has 1 heterocycles. The molecule has 5 rings (SSSR count). The number of ether oxygens (including phenoxy) is 1. The third kappa shape index (κ3) is 4.93. The fraction of sp³-hybridized carbons (Fsp3) is 0.0345. The molecule has 0 aliphatic heterocycles. The highest BCUT2D eigenvalue weighted by Crippen LogP contribution is 2.22. The highest BCUT2D eigenvalue weighted by atomic mass is 16.6. The molecule has 0 bridgehead atoms. The number of hydrogen-bond acceptors (Lipinski definition) is 7. The van der Waals surface area contributed by atoms with E-state index in [4.69, 9.17) is 9.72 Å². The number of carbonyl (C=O) groups is 1. The Hall–Kier alpha value is -5.44. The topological polar surface area (TPSA) is 117 Å². The van der Waals surface area contributed by atoms with E-state index in [0.29, 0.717) is 27.9 Å². The number of para-hydroxylation sites is 2. The first-order valence-corrected chi connectivity index (χ1v) is 11.6. The van der Waals surface area contributed by atoms with Crippen molar-refractivity contribution < 1.29 is 14.5 Å². The number of nitro groups is 1. The van der Waals surface area contributed by atoms with E-state index < -0.39 is 10.9 Å². The van der Waals surface area contributed by atoms with Gasteiger partial charge in [0.2, 0.25) is 0 Å². The number of carbonyl (C=O) groups excluding carboxylic acids is 1. The van der Waals surface area contributed by atoms with Crippen LogP contribution in [0, 0.1) is 17.0 Å². The van der Waals surface area contributed by atoms with Crippen molar-refractivity contribution in [3.8, 4) is 17.1 Å². The lowest BCUT2D eigenvalue weighted by Gasteiger charge is -2.10. The number of nitrogens with zero attached hydrogens (tertiary/aromatic N) is 4. The van der Waals surface area contributed by atoms with E-state index in [1.165, 1.54) is 35.2 Å². The number of benzene rings is 4. The number of rotatable bonds is 6. The van der Waals surface area contributed by atoms with Crippen molar-refractivity contribution in [2.24, 2.45) is 5.10 Å². The Morgan fingerprint density at radius 1 is 0.947 bits per heavy atom. The smallest absolute Gasteiger partial charge is 0.343 e. The quantitative estimate of drug-likeness (QED) is 0.101. The Bertz CT molecular complexity index is 1760. The van der Waals surface area contributed by atoms with E-state index in [-0.39, 0.29) is 22.6 Å². The molecule has 38 heavy (non-hydrogen) atoms. The molecule has 4 aromatic carbocycles. The number of hydrogen-bond donors (Lipinski definition) is 0. The summed E-state index contributed by atoms with van der Waals surface area (Å²) in [4.78, 5) is 41.1. The first kappa shape index (κ1) is 24.3. The minimum Gasteiger partial charge on any atom is -0.422 e. The van der Waals surface area contributed by atoms with Crippen LogP contribution < -0.4 is 10.3 Å². The molecular formula is C29H20N4O5. The molecule has 9 heteroatoms. The summed E-state index contributed by atoms with van der Waals surface area (Å²) < 4.78 is 6.77. The third-order valence-electron chi connectivity index (χ3n) is 5.81. The Morgan fingerprint density at radius 3 is 2.37 bits per heavy atom. The molecule has 0 radical (unpaired) electrons. The van der Waals surface area contributed by atoms with Gasteiger partial charge in [-0.15, -0.1) is 0 Å². The van der Waals surface area contributed by atoms with E-state index in [1.54, 1.807) is 42.5 Å². The molecule has 0 saturated heterocycles. The van der Waals surface area contributed by atoms with Crippen LogP contribution in [-0.2, 0) is 0 Å². The van der Waals surface area contributed by atoms with Crippen LogP contribution in [0.2, 0.25) is 0 Å². The molecule has 9 nitrogen and oxygen atoms in total. The van der Waals surface area contributed by atoms with Crippen LogP contribution in [0.15, 0.2) is 107 Å². The molecule has 5 aromatic rings. The molecule has 186 valence electrons. The van der Waals surface area contributed by atoms with Crippen LogP contribution in [0.25, 0.3) is 22.3 Å². The Morgan fingerprint density at radius 2 is 1.63 bits per heavy atom. The highest BCUT2D eigenvalue weighted by Gasteiger charge is 2.15. The number of non-ortho nitro benzene ring substituents is 1. The second-order valence-electron chi connectivity index (χ2n) is 8.41. The molecule has 0 fully saturated rings. The average Bonchev–Trinajstić information content (AvgIpc) is 2.93. The van der Waals surface area contributed by atoms with Crippen LogP contribution in [0.4, 0.5) is 5.69 Å². The average molecular weight is 505 g/mol. The summed E-state index contributed by atoms with van der Waals surface area (Å²) in [5.74, 6) is -0.116. The van der Waals surface area contributed by atoms with Crippen molar-refractivity contribution >= 4 is 28.8 Å². The van der Waals surface area contributed by atoms with Gasteiger partial charge in [0, 0.05) is 23.3 Å². The summed E-state index contributed by atoms with van der Waals surface area (Å²) in [6.07, 6.45) is 1.42. The zero-order chi connectivity index (χ0) is 26.6. The molecule has 0 saturated carbocycles. The molecule has 0 N–H and O–H groups in total. The van der Waals surface area contributed by atoms with Crippen molar-refractivity contribution in [2.45, 2.75) is 6.92 Å². The van der Waals surface area contributed by atoms with Gasteiger partial charge in [0.1, 0.15) is 5.75 Å². The number of esters is 1. The maximum Gasteiger partial charge on any atom is 0.343 e. The summed E-state index contributed by atoms with van der Waals surface area (Å²) in [7, 11) is 0. The lowest BCUT2D eigenvalue weighted by atomic mass is 10.1. The SMILES string of the molecule is Cc1ccc(-c2nc3ccccc3c(=O)n2N=Cc2ccccc2OC(=O)c2ccc([N+](=O)[O-])cc2)cc1. The molecule has 0 spiro atoms. The zero-order valence-electron chi connectivity index (χ0n) is 20.1. The minimum atomic E-state index is -0.689. The van der Waals surface area contributed by atoms with Gasteiger partial charge < -0.3 is 4.74 Å². The normalized spacial score (nSPS) is 11.1. The van der Waals surface area contributed by atoms with Crippen molar-refractivity contribution in [2.75, 3.05) is 0 Å². The van der Waals surface area contributed by atoms with Gasteiger partial charge in [-0.1, -0.05) is 54.1 Å². The number of nitro benzene ring substituents is 1. The molecule has 0 unspecified atom stereocenters. The number of aryl methyl sites for hydroxylation is 1. The Kier molecular flexibility index (Phi) is 6.56. The van der Waals surface area contributed by atoms with Gasteiger partial charge in [0.15, 0.2) is 5.82 Å². The molecule has 0 amide bonds.